The molecule has 1 aromatic heterocycles. The summed E-state index contributed by atoms with van der Waals surface area (Å²) in [5.74, 6) is 0.944. The lowest BCUT2D eigenvalue weighted by atomic mass is 10.2. The standard InChI is InChI=1S/C13H19N3OS/c1-3-11-8-16(4-5-17-11)12-7-10(13(14)18)6-9(2)15-12/h6-7,11H,3-5,8H2,1-2H3,(H2,14,18). The molecular weight excluding hydrogens is 246 g/mol. The Balaban J connectivity index is 2.24. The van der Waals surface area contributed by atoms with Crippen LogP contribution in [0.15, 0.2) is 12.1 Å². The molecule has 1 saturated heterocycles. The molecule has 5 heteroatoms. The van der Waals surface area contributed by atoms with Crippen molar-refractivity contribution in [2.75, 3.05) is 24.6 Å². The second kappa shape index (κ2) is 5.63. The lowest BCUT2D eigenvalue weighted by Gasteiger charge is -2.33. The van der Waals surface area contributed by atoms with Crippen molar-refractivity contribution in [2.45, 2.75) is 26.4 Å². The maximum atomic E-state index is 5.69. The first kappa shape index (κ1) is 13.2. The van der Waals surface area contributed by atoms with Crippen molar-refractivity contribution < 1.29 is 4.74 Å². The van der Waals surface area contributed by atoms with E-state index in [0.29, 0.717) is 4.99 Å². The van der Waals surface area contributed by atoms with Crippen LogP contribution in [0, 0.1) is 6.92 Å². The minimum absolute atomic E-state index is 0.286. The molecule has 0 aliphatic carbocycles. The van der Waals surface area contributed by atoms with Gasteiger partial charge in [-0.2, -0.15) is 0 Å². The zero-order valence-electron chi connectivity index (χ0n) is 10.8. The number of nitrogens with zero attached hydrogens (tertiary/aromatic N) is 2. The molecule has 1 aromatic rings. The minimum Gasteiger partial charge on any atom is -0.389 e. The number of ether oxygens (including phenoxy) is 1. The molecule has 1 atom stereocenters. The summed E-state index contributed by atoms with van der Waals surface area (Å²) < 4.78 is 5.67. The quantitative estimate of drug-likeness (QED) is 0.842. The fourth-order valence-corrected chi connectivity index (χ4v) is 2.25. The number of rotatable bonds is 3. The van der Waals surface area contributed by atoms with Crippen LogP contribution in [0.25, 0.3) is 0 Å². The van der Waals surface area contributed by atoms with Crippen molar-refractivity contribution >= 4 is 23.0 Å². The van der Waals surface area contributed by atoms with E-state index >= 15 is 0 Å². The fraction of sp³-hybridized carbons (Fsp3) is 0.538. The average molecular weight is 265 g/mol. The molecule has 0 bridgehead atoms. The van der Waals surface area contributed by atoms with Crippen LogP contribution in [-0.2, 0) is 4.74 Å². The van der Waals surface area contributed by atoms with Crippen molar-refractivity contribution in [3.05, 3.63) is 23.4 Å². The normalized spacial score (nSPS) is 19.9. The molecule has 0 radical (unpaired) electrons. The van der Waals surface area contributed by atoms with Gasteiger partial charge in [-0.05, 0) is 25.5 Å². The monoisotopic (exact) mass is 265 g/mol. The number of hydrogen-bond acceptors (Lipinski definition) is 4. The third-order valence-electron chi connectivity index (χ3n) is 3.14. The second-order valence-electron chi connectivity index (χ2n) is 4.57. The summed E-state index contributed by atoms with van der Waals surface area (Å²) in [5.41, 5.74) is 7.52. The Morgan fingerprint density at radius 1 is 1.61 bits per heavy atom. The molecule has 98 valence electrons. The molecule has 0 amide bonds. The number of aromatic nitrogens is 1. The van der Waals surface area contributed by atoms with E-state index < -0.39 is 0 Å². The van der Waals surface area contributed by atoms with Gasteiger partial charge in [-0.25, -0.2) is 4.98 Å². The lowest BCUT2D eigenvalue weighted by Crippen LogP contribution is -2.42. The number of nitrogens with two attached hydrogens (primary N) is 1. The molecule has 1 aliphatic rings. The topological polar surface area (TPSA) is 51.4 Å². The molecule has 1 aliphatic heterocycles. The Bertz CT molecular complexity index is 450. The van der Waals surface area contributed by atoms with Gasteiger partial charge in [0.05, 0.1) is 12.7 Å². The summed E-state index contributed by atoms with van der Waals surface area (Å²) in [6.07, 6.45) is 1.30. The van der Waals surface area contributed by atoms with E-state index in [1.165, 1.54) is 0 Å². The Kier molecular flexibility index (Phi) is 4.14. The first-order valence-electron chi connectivity index (χ1n) is 6.25. The molecule has 2 rings (SSSR count). The maximum Gasteiger partial charge on any atom is 0.129 e. The molecule has 1 fully saturated rings. The summed E-state index contributed by atoms with van der Waals surface area (Å²) in [7, 11) is 0. The molecule has 1 unspecified atom stereocenters. The highest BCUT2D eigenvalue weighted by molar-refractivity contribution is 7.80. The van der Waals surface area contributed by atoms with E-state index in [4.69, 9.17) is 22.7 Å². The minimum atomic E-state index is 0.286. The van der Waals surface area contributed by atoms with Crippen LogP contribution in [-0.4, -0.2) is 35.8 Å². The van der Waals surface area contributed by atoms with Crippen LogP contribution in [0.3, 0.4) is 0 Å². The average Bonchev–Trinajstić information content (AvgIpc) is 2.38. The second-order valence-corrected chi connectivity index (χ2v) is 5.01. The van der Waals surface area contributed by atoms with Crippen LogP contribution in [0.1, 0.15) is 24.6 Å². The smallest absolute Gasteiger partial charge is 0.129 e. The number of hydrogen-bond donors (Lipinski definition) is 1. The van der Waals surface area contributed by atoms with Crippen molar-refractivity contribution in [2.24, 2.45) is 5.73 Å². The van der Waals surface area contributed by atoms with Gasteiger partial charge < -0.3 is 15.4 Å². The molecule has 18 heavy (non-hydrogen) atoms. The van der Waals surface area contributed by atoms with Gasteiger partial charge in [0.25, 0.3) is 0 Å². The summed E-state index contributed by atoms with van der Waals surface area (Å²) in [6.45, 7) is 6.59. The van der Waals surface area contributed by atoms with Crippen molar-refractivity contribution in [1.29, 1.82) is 0 Å². The van der Waals surface area contributed by atoms with Crippen molar-refractivity contribution in [1.82, 2.24) is 4.98 Å². The SMILES string of the molecule is CCC1CN(c2cc(C(N)=S)cc(C)n2)CCO1. The molecule has 4 nitrogen and oxygen atoms in total. The third kappa shape index (κ3) is 2.97. The van der Waals surface area contributed by atoms with Gasteiger partial charge in [-0.3, -0.25) is 0 Å². The van der Waals surface area contributed by atoms with Gasteiger partial charge in [-0.1, -0.05) is 19.1 Å². The number of morpholine rings is 1. The highest BCUT2D eigenvalue weighted by Crippen LogP contribution is 2.19. The van der Waals surface area contributed by atoms with Crippen LogP contribution >= 0.6 is 12.2 Å². The molecule has 2 N–H and O–H groups in total. The highest BCUT2D eigenvalue weighted by atomic mass is 32.1. The molecule has 0 aromatic carbocycles. The van der Waals surface area contributed by atoms with E-state index in [1.807, 2.05) is 19.1 Å². The van der Waals surface area contributed by atoms with E-state index in [-0.39, 0.29) is 6.10 Å². The predicted octanol–water partition coefficient (Wildman–Crippen LogP) is 1.64. The zero-order chi connectivity index (χ0) is 13.1. The van der Waals surface area contributed by atoms with E-state index in [0.717, 1.165) is 43.2 Å². The van der Waals surface area contributed by atoms with Gasteiger partial charge in [-0.15, -0.1) is 0 Å². The molecule has 0 spiro atoms. The first-order chi connectivity index (χ1) is 8.60. The van der Waals surface area contributed by atoms with Crippen LogP contribution < -0.4 is 10.6 Å². The largest absolute Gasteiger partial charge is 0.389 e. The van der Waals surface area contributed by atoms with Crippen LogP contribution in [0.2, 0.25) is 0 Å². The lowest BCUT2D eigenvalue weighted by molar-refractivity contribution is 0.0381. The predicted molar refractivity (Wildman–Crippen MR) is 77.1 cm³/mol. The van der Waals surface area contributed by atoms with Gasteiger partial charge >= 0.3 is 0 Å². The van der Waals surface area contributed by atoms with E-state index in [9.17, 15) is 0 Å². The van der Waals surface area contributed by atoms with Gasteiger partial charge in [0, 0.05) is 24.3 Å². The van der Waals surface area contributed by atoms with E-state index in [2.05, 4.69) is 16.8 Å². The number of thiocarbonyl (C=S) groups is 1. The van der Waals surface area contributed by atoms with Gasteiger partial charge in [0.2, 0.25) is 0 Å². The third-order valence-corrected chi connectivity index (χ3v) is 3.38. The molecule has 0 saturated carbocycles. The maximum absolute atomic E-state index is 5.69. The summed E-state index contributed by atoms with van der Waals surface area (Å²) in [5, 5.41) is 0. The Hall–Kier alpha value is -1.20. The Labute approximate surface area is 113 Å². The van der Waals surface area contributed by atoms with E-state index in [1.54, 1.807) is 0 Å². The number of anilines is 1. The van der Waals surface area contributed by atoms with Crippen LogP contribution in [0.5, 0.6) is 0 Å². The summed E-state index contributed by atoms with van der Waals surface area (Å²) in [6, 6.07) is 3.89. The Morgan fingerprint density at radius 2 is 2.39 bits per heavy atom. The first-order valence-corrected chi connectivity index (χ1v) is 6.66. The zero-order valence-corrected chi connectivity index (χ0v) is 11.7. The Morgan fingerprint density at radius 3 is 3.06 bits per heavy atom. The molecular formula is C13H19N3OS. The highest BCUT2D eigenvalue weighted by Gasteiger charge is 2.20. The summed E-state index contributed by atoms with van der Waals surface area (Å²) >= 11 is 5.04. The number of aryl methyl sites for hydroxylation is 1. The summed E-state index contributed by atoms with van der Waals surface area (Å²) in [4.78, 5) is 7.22. The fourth-order valence-electron chi connectivity index (χ4n) is 2.13. The van der Waals surface area contributed by atoms with Gasteiger partial charge in [0.15, 0.2) is 0 Å². The van der Waals surface area contributed by atoms with Gasteiger partial charge in [0.1, 0.15) is 10.8 Å². The van der Waals surface area contributed by atoms with Crippen molar-refractivity contribution in [3.63, 3.8) is 0 Å². The van der Waals surface area contributed by atoms with Crippen LogP contribution in [0.4, 0.5) is 5.82 Å². The number of pyridine rings is 1. The van der Waals surface area contributed by atoms with Crippen molar-refractivity contribution in [3.8, 4) is 0 Å². The molecule has 2 heterocycles.